The molecule has 0 fully saturated rings. The van der Waals surface area contributed by atoms with Gasteiger partial charge in [-0.15, -0.1) is 0 Å². The maximum atomic E-state index is 10.8. The van der Waals surface area contributed by atoms with Crippen LogP contribution in [0.5, 0.6) is 0 Å². The molecule has 1 aromatic rings. The van der Waals surface area contributed by atoms with Crippen LogP contribution < -0.4 is 6.40 Å². The Kier molecular flexibility index (Phi) is 6.72. The average molecular weight is 391 g/mol. The van der Waals surface area contributed by atoms with E-state index in [-0.39, 0.29) is 29.0 Å². The van der Waals surface area contributed by atoms with Crippen LogP contribution in [0.4, 0.5) is 0 Å². The predicted octanol–water partition coefficient (Wildman–Crippen LogP) is -0.310. The van der Waals surface area contributed by atoms with Crippen LogP contribution in [0.15, 0.2) is 4.94 Å². The fourth-order valence-electron chi connectivity index (χ4n) is 1.18. The summed E-state index contributed by atoms with van der Waals surface area (Å²) >= 11 is -2.37. The molecule has 14 heavy (non-hydrogen) atoms. The Balaban J connectivity index is 2.33. The molecular weight excluding hydrogens is 377 g/mol. The number of rotatable bonds is 6. The molecule has 2 nitrogen and oxygen atoms in total. The molecule has 0 saturated heterocycles. The van der Waals surface area contributed by atoms with Crippen molar-refractivity contribution < 1.29 is 8.02 Å². The van der Waals surface area contributed by atoms with E-state index in [2.05, 4.69) is 11.9 Å². The van der Waals surface area contributed by atoms with Crippen molar-refractivity contribution in [1.82, 2.24) is 0 Å². The van der Waals surface area contributed by atoms with Crippen LogP contribution in [-0.2, 0) is 10.3 Å². The van der Waals surface area contributed by atoms with Crippen molar-refractivity contribution in [3.8, 4) is 0 Å². The molecule has 0 aliphatic heterocycles. The molecule has 0 radical (unpaired) electrons. The molecule has 1 unspecified atom stereocenters. The Morgan fingerprint density at radius 3 is 2.86 bits per heavy atom. The van der Waals surface area contributed by atoms with Gasteiger partial charge in [-0.3, -0.25) is 0 Å². The van der Waals surface area contributed by atoms with E-state index in [1.54, 1.807) is 0 Å². The van der Waals surface area contributed by atoms with E-state index in [4.69, 9.17) is 0 Å². The molecule has 0 saturated carbocycles. The fourth-order valence-corrected chi connectivity index (χ4v) is 9.93. The average Bonchev–Trinajstić information content (AvgIpc) is 2.61. The summed E-state index contributed by atoms with van der Waals surface area (Å²) in [4.78, 5) is 2.20. The van der Waals surface area contributed by atoms with E-state index >= 15 is 0 Å². The molecule has 5 heteroatoms. The Hall–Kier alpha value is 0.928. The summed E-state index contributed by atoms with van der Waals surface area (Å²) in [6.07, 6.45) is 6.25. The standard InChI is InChI=1S/C9H14O2Se3/c1-2-3-4-5-6-8-7-12-9(13-8)14(10)11/h7H,2-6H2,1H3. The van der Waals surface area contributed by atoms with Crippen LogP contribution in [-0.4, -0.2) is 43.2 Å². The Labute approximate surface area is 101 Å². The van der Waals surface area contributed by atoms with Crippen molar-refractivity contribution in [2.45, 2.75) is 39.0 Å². The van der Waals surface area contributed by atoms with Gasteiger partial charge in [0.25, 0.3) is 0 Å². The molecule has 0 aliphatic carbocycles. The van der Waals surface area contributed by atoms with Gasteiger partial charge in [-0.1, -0.05) is 0 Å². The molecule has 1 aromatic heterocycles. The van der Waals surface area contributed by atoms with Gasteiger partial charge in [0.15, 0.2) is 0 Å². The van der Waals surface area contributed by atoms with E-state index in [1.165, 1.54) is 30.1 Å². The maximum absolute atomic E-state index is 10.8. The minimum absolute atomic E-state index is 0.189. The SMILES string of the molecule is CCCCCCc1c[se+]c([Se](=O)[O-])[se]1. The van der Waals surface area contributed by atoms with Gasteiger partial charge in [0.05, 0.1) is 0 Å². The number of hydrogen-bond donors (Lipinski definition) is 0. The van der Waals surface area contributed by atoms with Crippen LogP contribution in [0.2, 0.25) is 0 Å². The molecular formula is C9H14O2Se3. The Bertz CT molecular complexity index is 296. The normalized spacial score (nSPS) is 13.0. The van der Waals surface area contributed by atoms with Crippen molar-refractivity contribution in [2.75, 3.05) is 0 Å². The van der Waals surface area contributed by atoms with Crippen molar-refractivity contribution in [2.24, 2.45) is 0 Å². The number of hydrogen-bond acceptors (Lipinski definition) is 2. The molecule has 0 aliphatic rings. The van der Waals surface area contributed by atoms with E-state index in [0.29, 0.717) is 0 Å². The predicted molar refractivity (Wildman–Crippen MR) is 58.6 cm³/mol. The third-order valence-electron chi connectivity index (χ3n) is 1.91. The minimum atomic E-state index is -2.77. The molecule has 0 amide bonds. The summed E-state index contributed by atoms with van der Waals surface area (Å²) in [5.41, 5.74) is 0. The molecule has 80 valence electrons. The van der Waals surface area contributed by atoms with Crippen molar-refractivity contribution >= 4 is 45.4 Å². The molecule has 1 rings (SSSR count). The van der Waals surface area contributed by atoms with Gasteiger partial charge < -0.3 is 0 Å². The van der Waals surface area contributed by atoms with Gasteiger partial charge in [0, 0.05) is 0 Å². The summed E-state index contributed by atoms with van der Waals surface area (Å²) in [6.45, 7) is 2.21. The zero-order valence-corrected chi connectivity index (χ0v) is 13.3. The van der Waals surface area contributed by atoms with Crippen LogP contribution in [0.3, 0.4) is 0 Å². The van der Waals surface area contributed by atoms with E-state index in [0.717, 1.165) is 8.63 Å². The van der Waals surface area contributed by atoms with Gasteiger partial charge in [-0.05, 0) is 0 Å². The first kappa shape index (κ1) is 13.0. The van der Waals surface area contributed by atoms with Crippen molar-refractivity contribution in [3.63, 3.8) is 0 Å². The molecule has 0 N–H and O–H groups in total. The van der Waals surface area contributed by atoms with Crippen molar-refractivity contribution in [3.05, 3.63) is 9.38 Å². The van der Waals surface area contributed by atoms with Crippen molar-refractivity contribution in [1.29, 1.82) is 0 Å². The molecule has 0 aromatic carbocycles. The van der Waals surface area contributed by atoms with Gasteiger partial charge >= 0.3 is 102 Å². The fraction of sp³-hybridized carbons (Fsp3) is 0.667. The second kappa shape index (κ2) is 7.24. The van der Waals surface area contributed by atoms with Gasteiger partial charge in [0.1, 0.15) is 0 Å². The third kappa shape index (κ3) is 4.63. The van der Waals surface area contributed by atoms with E-state index in [9.17, 15) is 8.02 Å². The Morgan fingerprint density at radius 2 is 2.29 bits per heavy atom. The summed E-state index contributed by atoms with van der Waals surface area (Å²) in [5.74, 6) is 0. The monoisotopic (exact) mass is 394 g/mol. The van der Waals surface area contributed by atoms with Crippen LogP contribution in [0.25, 0.3) is 0 Å². The molecule has 1 heterocycles. The van der Waals surface area contributed by atoms with E-state index in [1.807, 2.05) is 0 Å². The first-order valence-corrected chi connectivity index (χ1v) is 10.5. The summed E-state index contributed by atoms with van der Waals surface area (Å²) < 4.78 is 23.9. The molecule has 1 atom stereocenters. The van der Waals surface area contributed by atoms with Crippen LogP contribution in [0, 0.1) is 0 Å². The summed E-state index contributed by atoms with van der Waals surface area (Å²) in [5, 5.41) is 0. The quantitative estimate of drug-likeness (QED) is 0.494. The summed E-state index contributed by atoms with van der Waals surface area (Å²) in [6, 6.07) is 0. The number of unbranched alkanes of at least 4 members (excludes halogenated alkanes) is 3. The zero-order valence-electron chi connectivity index (χ0n) is 8.15. The number of aryl methyl sites for hydroxylation is 1. The van der Waals surface area contributed by atoms with Gasteiger partial charge in [0.2, 0.25) is 0 Å². The summed E-state index contributed by atoms with van der Waals surface area (Å²) in [7, 11) is 0. The second-order valence-electron chi connectivity index (χ2n) is 3.10. The van der Waals surface area contributed by atoms with Crippen LogP contribution in [0.1, 0.15) is 37.0 Å². The first-order valence-electron chi connectivity index (χ1n) is 4.73. The van der Waals surface area contributed by atoms with Gasteiger partial charge in [-0.25, -0.2) is 0 Å². The second-order valence-corrected chi connectivity index (χ2v) is 13.1. The van der Waals surface area contributed by atoms with Crippen LogP contribution >= 0.6 is 0 Å². The Morgan fingerprint density at radius 1 is 1.50 bits per heavy atom. The van der Waals surface area contributed by atoms with E-state index < -0.39 is 14.2 Å². The zero-order chi connectivity index (χ0) is 10.4. The first-order chi connectivity index (χ1) is 6.74. The third-order valence-corrected chi connectivity index (χ3v) is 12.9. The topological polar surface area (TPSA) is 40.1 Å². The van der Waals surface area contributed by atoms with Gasteiger partial charge in [-0.2, -0.15) is 0 Å². The molecule has 0 spiro atoms. The molecule has 0 bridgehead atoms.